The molecule has 1 amide bonds. The zero-order chi connectivity index (χ0) is 32.4. The summed E-state index contributed by atoms with van der Waals surface area (Å²) < 4.78 is 93.3. The smallest absolute Gasteiger partial charge is 0.322 e. The minimum absolute atomic E-state index is 0.0563. The van der Waals surface area contributed by atoms with Crippen LogP contribution in [0.1, 0.15) is 32.6 Å². The maximum absolute atomic E-state index is 13.1. The van der Waals surface area contributed by atoms with Crippen LogP contribution in [-0.4, -0.2) is 29.0 Å². The zero-order valence-corrected chi connectivity index (χ0v) is 26.0. The van der Waals surface area contributed by atoms with Crippen LogP contribution in [0.2, 0.25) is 5.02 Å². The molecule has 0 bridgehead atoms. The maximum Gasteiger partial charge on any atom is 0.417 e. The molecule has 4 rings (SSSR count). The molecule has 0 saturated heterocycles. The number of benzene rings is 4. The quantitative estimate of drug-likeness (QED) is 0.200. The first kappa shape index (κ1) is 32.8. The fourth-order valence-corrected chi connectivity index (χ4v) is 6.30. The normalized spacial score (nSPS) is 12.1. The van der Waals surface area contributed by atoms with Gasteiger partial charge in [-0.05, 0) is 97.3 Å². The molecule has 0 atom stereocenters. The SMILES string of the molecule is Cc1ccc(N(Cc2ccc(C(=O)Nc3ccc(S(=O)(=O)Nc4ccc(Cl)c(C(F)(F)F)c4)cc3)cc2)S(C)(=O)=O)cc1C. The monoisotopic (exact) mass is 665 g/mol. The molecule has 14 heteroatoms. The van der Waals surface area contributed by atoms with Crippen LogP contribution in [0.5, 0.6) is 0 Å². The number of nitrogens with one attached hydrogen (secondary N) is 2. The molecular formula is C30H27ClF3N3O5S2. The summed E-state index contributed by atoms with van der Waals surface area (Å²) in [5.74, 6) is -0.500. The summed E-state index contributed by atoms with van der Waals surface area (Å²) >= 11 is 5.59. The third-order valence-electron chi connectivity index (χ3n) is 6.67. The second-order valence-corrected chi connectivity index (χ2v) is 14.0. The molecule has 44 heavy (non-hydrogen) atoms. The number of anilines is 3. The molecule has 0 aliphatic carbocycles. The van der Waals surface area contributed by atoms with Gasteiger partial charge in [0.05, 0.1) is 34.0 Å². The molecule has 232 valence electrons. The molecule has 0 aliphatic rings. The maximum atomic E-state index is 13.1. The fraction of sp³-hybridized carbons (Fsp3) is 0.167. The van der Waals surface area contributed by atoms with Crippen LogP contribution in [0.3, 0.4) is 0 Å². The molecule has 8 nitrogen and oxygen atoms in total. The Labute approximate surface area is 258 Å². The van der Waals surface area contributed by atoms with Crippen molar-refractivity contribution in [3.05, 3.63) is 118 Å². The van der Waals surface area contributed by atoms with E-state index in [1.165, 1.54) is 40.7 Å². The highest BCUT2D eigenvalue weighted by Crippen LogP contribution is 2.36. The van der Waals surface area contributed by atoms with Gasteiger partial charge in [0.2, 0.25) is 10.0 Å². The molecule has 4 aromatic carbocycles. The number of carbonyl (C=O) groups excluding carboxylic acids is 1. The Morgan fingerprint density at radius 3 is 2.00 bits per heavy atom. The number of aryl methyl sites for hydroxylation is 2. The van der Waals surface area contributed by atoms with E-state index in [-0.39, 0.29) is 28.4 Å². The van der Waals surface area contributed by atoms with Crippen molar-refractivity contribution in [2.75, 3.05) is 20.6 Å². The largest absolute Gasteiger partial charge is 0.417 e. The predicted molar refractivity (Wildman–Crippen MR) is 165 cm³/mol. The molecule has 0 spiro atoms. The number of hydrogen-bond donors (Lipinski definition) is 2. The van der Waals surface area contributed by atoms with E-state index in [2.05, 4.69) is 10.0 Å². The summed E-state index contributed by atoms with van der Waals surface area (Å²) in [7, 11) is -7.85. The van der Waals surface area contributed by atoms with Crippen molar-refractivity contribution in [1.29, 1.82) is 0 Å². The van der Waals surface area contributed by atoms with Gasteiger partial charge in [0.15, 0.2) is 0 Å². The summed E-state index contributed by atoms with van der Waals surface area (Å²) in [6, 6.07) is 19.4. The van der Waals surface area contributed by atoms with E-state index in [9.17, 15) is 34.8 Å². The van der Waals surface area contributed by atoms with E-state index in [4.69, 9.17) is 11.6 Å². The standard InChI is InChI=1S/C30H27ClF3N3O5S2/c1-19-4-12-25(16-20(19)2)37(43(3,39)40)18-21-5-7-22(8-6-21)29(38)35-23-9-13-26(14-10-23)44(41,42)36-24-11-15-28(31)27(17-24)30(32,33)34/h4-17,36H,18H2,1-3H3,(H,35,38). The Balaban J connectivity index is 1.43. The highest BCUT2D eigenvalue weighted by Gasteiger charge is 2.33. The molecule has 0 aliphatic heterocycles. The number of alkyl halides is 3. The van der Waals surface area contributed by atoms with E-state index in [0.717, 1.165) is 29.5 Å². The van der Waals surface area contributed by atoms with E-state index in [1.54, 1.807) is 24.3 Å². The van der Waals surface area contributed by atoms with Crippen molar-refractivity contribution in [3.8, 4) is 0 Å². The zero-order valence-electron chi connectivity index (χ0n) is 23.6. The Bertz CT molecular complexity index is 1920. The topological polar surface area (TPSA) is 113 Å². The summed E-state index contributed by atoms with van der Waals surface area (Å²) in [5, 5.41) is 2.07. The van der Waals surface area contributed by atoms with Gasteiger partial charge in [0, 0.05) is 16.9 Å². The molecule has 0 saturated carbocycles. The number of carbonyl (C=O) groups is 1. The molecule has 2 N–H and O–H groups in total. The average Bonchev–Trinajstić information content (AvgIpc) is 2.93. The highest BCUT2D eigenvalue weighted by atomic mass is 35.5. The number of amides is 1. The summed E-state index contributed by atoms with van der Waals surface area (Å²) in [4.78, 5) is 12.6. The number of halogens is 4. The van der Waals surface area contributed by atoms with Crippen LogP contribution < -0.4 is 14.3 Å². The Morgan fingerprint density at radius 1 is 0.818 bits per heavy atom. The molecule has 0 fully saturated rings. The van der Waals surface area contributed by atoms with Crippen molar-refractivity contribution >= 4 is 54.6 Å². The van der Waals surface area contributed by atoms with Crippen LogP contribution in [-0.2, 0) is 32.8 Å². The Kier molecular flexibility index (Phi) is 9.33. The van der Waals surface area contributed by atoms with Crippen LogP contribution in [0, 0.1) is 13.8 Å². The molecule has 0 aromatic heterocycles. The minimum Gasteiger partial charge on any atom is -0.322 e. The Morgan fingerprint density at radius 2 is 1.43 bits per heavy atom. The lowest BCUT2D eigenvalue weighted by molar-refractivity contribution is -0.137. The number of nitrogens with zero attached hydrogens (tertiary/aromatic N) is 1. The summed E-state index contributed by atoms with van der Waals surface area (Å²) in [5.41, 5.74) is 2.19. The molecule has 0 heterocycles. The van der Waals surface area contributed by atoms with E-state index >= 15 is 0 Å². The van der Waals surface area contributed by atoms with Crippen LogP contribution in [0.4, 0.5) is 30.2 Å². The van der Waals surface area contributed by atoms with Crippen molar-refractivity contribution in [2.24, 2.45) is 0 Å². The molecular weight excluding hydrogens is 639 g/mol. The average molecular weight is 666 g/mol. The van der Waals surface area contributed by atoms with Gasteiger partial charge in [0.25, 0.3) is 15.9 Å². The molecule has 0 unspecified atom stereocenters. The van der Waals surface area contributed by atoms with Crippen molar-refractivity contribution in [2.45, 2.75) is 31.5 Å². The van der Waals surface area contributed by atoms with Gasteiger partial charge in [-0.15, -0.1) is 0 Å². The van der Waals surface area contributed by atoms with E-state index < -0.39 is 42.7 Å². The number of sulfonamides is 2. The molecule has 4 aromatic rings. The first-order valence-corrected chi connectivity index (χ1v) is 16.6. The molecule has 0 radical (unpaired) electrons. The lowest BCUT2D eigenvalue weighted by Gasteiger charge is -2.23. The van der Waals surface area contributed by atoms with Crippen molar-refractivity contribution < 1.29 is 34.8 Å². The van der Waals surface area contributed by atoms with Crippen LogP contribution in [0.25, 0.3) is 0 Å². The first-order valence-electron chi connectivity index (χ1n) is 12.9. The van der Waals surface area contributed by atoms with Crippen LogP contribution in [0.15, 0.2) is 89.8 Å². The lowest BCUT2D eigenvalue weighted by Crippen LogP contribution is -2.29. The summed E-state index contributed by atoms with van der Waals surface area (Å²) in [6.45, 7) is 3.89. The van der Waals surface area contributed by atoms with Gasteiger partial charge in [-0.25, -0.2) is 16.8 Å². The van der Waals surface area contributed by atoms with Gasteiger partial charge < -0.3 is 5.32 Å². The van der Waals surface area contributed by atoms with E-state index in [1.807, 2.05) is 19.9 Å². The fourth-order valence-electron chi connectivity index (χ4n) is 4.15. The van der Waals surface area contributed by atoms with E-state index in [0.29, 0.717) is 17.3 Å². The van der Waals surface area contributed by atoms with Gasteiger partial charge in [-0.1, -0.05) is 29.8 Å². The van der Waals surface area contributed by atoms with Gasteiger partial charge in [0.1, 0.15) is 0 Å². The third kappa shape index (κ3) is 7.90. The van der Waals surface area contributed by atoms with Crippen molar-refractivity contribution in [3.63, 3.8) is 0 Å². The van der Waals surface area contributed by atoms with Gasteiger partial charge in [-0.2, -0.15) is 13.2 Å². The predicted octanol–water partition coefficient (Wildman–Crippen LogP) is 6.99. The lowest BCUT2D eigenvalue weighted by atomic mass is 10.1. The van der Waals surface area contributed by atoms with Gasteiger partial charge in [-0.3, -0.25) is 13.8 Å². The summed E-state index contributed by atoms with van der Waals surface area (Å²) in [6.07, 6.45) is -3.65. The van der Waals surface area contributed by atoms with Crippen LogP contribution >= 0.6 is 11.6 Å². The first-order chi connectivity index (χ1) is 20.4. The number of rotatable bonds is 9. The Hall–Kier alpha value is -4.07. The van der Waals surface area contributed by atoms with Crippen molar-refractivity contribution in [1.82, 2.24) is 0 Å². The number of hydrogen-bond acceptors (Lipinski definition) is 5. The third-order valence-corrected chi connectivity index (χ3v) is 9.53. The highest BCUT2D eigenvalue weighted by molar-refractivity contribution is 7.92. The minimum atomic E-state index is -4.77. The second-order valence-electron chi connectivity index (χ2n) is 10.0. The van der Waals surface area contributed by atoms with Gasteiger partial charge >= 0.3 is 6.18 Å². The second kappa shape index (κ2) is 12.5.